The lowest BCUT2D eigenvalue weighted by atomic mass is 9.97. The van der Waals surface area contributed by atoms with Gasteiger partial charge >= 0.3 is 5.97 Å². The van der Waals surface area contributed by atoms with Crippen molar-refractivity contribution in [1.82, 2.24) is 15.2 Å². The molecule has 6 heteroatoms. The Bertz CT molecular complexity index is 451. The van der Waals surface area contributed by atoms with Crippen LogP contribution in [0.2, 0.25) is 0 Å². The van der Waals surface area contributed by atoms with Crippen LogP contribution in [0, 0.1) is 5.92 Å². The lowest BCUT2D eigenvalue weighted by Crippen LogP contribution is -2.14. The molecule has 0 aromatic carbocycles. The molecule has 1 unspecified atom stereocenters. The highest BCUT2D eigenvalue weighted by molar-refractivity contribution is 5.66. The largest absolute Gasteiger partial charge is 0.481 e. The lowest BCUT2D eigenvalue weighted by Gasteiger charge is -2.14. The van der Waals surface area contributed by atoms with Crippen LogP contribution in [-0.2, 0) is 17.6 Å². The maximum Gasteiger partial charge on any atom is 0.303 e. The van der Waals surface area contributed by atoms with Crippen LogP contribution in [0.3, 0.4) is 0 Å². The lowest BCUT2D eigenvalue weighted by molar-refractivity contribution is -0.137. The minimum absolute atomic E-state index is 0.238. The van der Waals surface area contributed by atoms with Gasteiger partial charge < -0.3 is 10.4 Å². The predicted molar refractivity (Wildman–Crippen MR) is 82.3 cm³/mol. The van der Waals surface area contributed by atoms with E-state index in [2.05, 4.69) is 34.3 Å². The number of carboxylic acids is 1. The summed E-state index contributed by atoms with van der Waals surface area (Å²) in [6, 6.07) is 0. The molecule has 0 aliphatic carbocycles. The van der Waals surface area contributed by atoms with Gasteiger partial charge in [0.15, 0.2) is 0 Å². The zero-order valence-corrected chi connectivity index (χ0v) is 13.2. The summed E-state index contributed by atoms with van der Waals surface area (Å²) in [5.74, 6) is 0.260. The van der Waals surface area contributed by atoms with Crippen LogP contribution in [-0.4, -0.2) is 32.8 Å². The van der Waals surface area contributed by atoms with Crippen molar-refractivity contribution in [3.05, 3.63) is 11.4 Å². The number of nitrogens with zero attached hydrogens (tertiary/aromatic N) is 3. The average Bonchev–Trinajstić information content (AvgIpc) is 2.50. The Morgan fingerprint density at radius 2 is 1.86 bits per heavy atom. The van der Waals surface area contributed by atoms with Gasteiger partial charge in [-0.3, -0.25) is 4.79 Å². The van der Waals surface area contributed by atoms with Gasteiger partial charge in [-0.2, -0.15) is 5.10 Å². The molecule has 118 valence electrons. The Balaban J connectivity index is 2.45. The summed E-state index contributed by atoms with van der Waals surface area (Å²) in [7, 11) is 0. The Morgan fingerprint density at radius 3 is 2.43 bits per heavy atom. The first kappa shape index (κ1) is 17.3. The molecule has 1 atom stereocenters. The summed E-state index contributed by atoms with van der Waals surface area (Å²) in [6.45, 7) is 6.95. The van der Waals surface area contributed by atoms with Crippen LogP contribution in [0.4, 0.5) is 5.95 Å². The van der Waals surface area contributed by atoms with Crippen molar-refractivity contribution in [3.8, 4) is 0 Å². The van der Waals surface area contributed by atoms with E-state index < -0.39 is 5.97 Å². The SMILES string of the molecule is CCc1nnc(NCCC(CC)CCC(=O)O)nc1CC. The van der Waals surface area contributed by atoms with Crippen LogP contribution in [0.5, 0.6) is 0 Å². The maximum absolute atomic E-state index is 10.6. The summed E-state index contributed by atoms with van der Waals surface area (Å²) < 4.78 is 0. The average molecular weight is 294 g/mol. The number of rotatable bonds is 10. The first-order valence-electron chi connectivity index (χ1n) is 7.78. The van der Waals surface area contributed by atoms with Gasteiger partial charge in [0, 0.05) is 13.0 Å². The third-order valence-electron chi connectivity index (χ3n) is 3.69. The summed E-state index contributed by atoms with van der Waals surface area (Å²) in [5.41, 5.74) is 1.95. The van der Waals surface area contributed by atoms with E-state index in [1.54, 1.807) is 0 Å². The monoisotopic (exact) mass is 294 g/mol. The number of aryl methyl sites for hydroxylation is 2. The summed E-state index contributed by atoms with van der Waals surface area (Å²) >= 11 is 0. The molecule has 2 N–H and O–H groups in total. The number of hydrogen-bond acceptors (Lipinski definition) is 5. The Labute approximate surface area is 126 Å². The molecule has 0 bridgehead atoms. The fourth-order valence-electron chi connectivity index (χ4n) is 2.28. The summed E-state index contributed by atoms with van der Waals surface area (Å²) in [5, 5.41) is 20.2. The molecule has 0 saturated heterocycles. The van der Waals surface area contributed by atoms with E-state index in [9.17, 15) is 4.79 Å². The van der Waals surface area contributed by atoms with Crippen molar-refractivity contribution in [2.45, 2.75) is 59.3 Å². The van der Waals surface area contributed by atoms with E-state index in [0.29, 0.717) is 11.9 Å². The molecule has 0 amide bonds. The molecule has 0 aliphatic heterocycles. The van der Waals surface area contributed by atoms with Crippen molar-refractivity contribution in [2.75, 3.05) is 11.9 Å². The van der Waals surface area contributed by atoms with E-state index in [4.69, 9.17) is 5.11 Å². The molecule has 0 radical (unpaired) electrons. The summed E-state index contributed by atoms with van der Waals surface area (Å²) in [4.78, 5) is 15.1. The highest BCUT2D eigenvalue weighted by Gasteiger charge is 2.10. The smallest absolute Gasteiger partial charge is 0.303 e. The van der Waals surface area contributed by atoms with Crippen LogP contribution in [0.1, 0.15) is 57.8 Å². The number of carbonyl (C=O) groups is 1. The van der Waals surface area contributed by atoms with Gasteiger partial charge in [0.2, 0.25) is 5.95 Å². The minimum Gasteiger partial charge on any atom is -0.481 e. The standard InChI is InChI=1S/C15H26N4O2/c1-4-11(7-8-14(20)21)9-10-16-15-17-12(5-2)13(6-3)18-19-15/h11H,4-10H2,1-3H3,(H,20,21)(H,16,17,19). The van der Waals surface area contributed by atoms with E-state index in [-0.39, 0.29) is 6.42 Å². The molecule has 1 heterocycles. The molecule has 1 rings (SSSR count). The molecule has 6 nitrogen and oxygen atoms in total. The Kier molecular flexibility index (Phi) is 7.64. The first-order valence-corrected chi connectivity index (χ1v) is 7.78. The third kappa shape index (κ3) is 6.06. The van der Waals surface area contributed by atoms with Crippen molar-refractivity contribution in [3.63, 3.8) is 0 Å². The van der Waals surface area contributed by atoms with Gasteiger partial charge in [0.1, 0.15) is 0 Å². The van der Waals surface area contributed by atoms with Crippen molar-refractivity contribution in [2.24, 2.45) is 5.92 Å². The molecule has 21 heavy (non-hydrogen) atoms. The van der Waals surface area contributed by atoms with Gasteiger partial charge in [0.25, 0.3) is 0 Å². The van der Waals surface area contributed by atoms with Gasteiger partial charge in [-0.15, -0.1) is 5.10 Å². The second-order valence-electron chi connectivity index (χ2n) is 5.16. The zero-order valence-electron chi connectivity index (χ0n) is 13.2. The minimum atomic E-state index is -0.725. The van der Waals surface area contributed by atoms with Crippen LogP contribution >= 0.6 is 0 Å². The molecule has 0 saturated carbocycles. The molecule has 0 fully saturated rings. The van der Waals surface area contributed by atoms with Gasteiger partial charge in [-0.1, -0.05) is 27.2 Å². The molecule has 1 aromatic heterocycles. The first-order chi connectivity index (χ1) is 10.1. The van der Waals surface area contributed by atoms with Crippen molar-refractivity contribution < 1.29 is 9.90 Å². The second kappa shape index (κ2) is 9.26. The fraction of sp³-hybridized carbons (Fsp3) is 0.733. The van der Waals surface area contributed by atoms with Crippen LogP contribution in [0.15, 0.2) is 0 Å². The molecular weight excluding hydrogens is 268 g/mol. The van der Waals surface area contributed by atoms with Crippen molar-refractivity contribution in [1.29, 1.82) is 0 Å². The number of aliphatic carboxylic acids is 1. The highest BCUT2D eigenvalue weighted by Crippen LogP contribution is 2.15. The number of nitrogens with one attached hydrogen (secondary N) is 1. The quantitative estimate of drug-likeness (QED) is 0.690. The van der Waals surface area contributed by atoms with E-state index in [1.807, 2.05) is 6.92 Å². The van der Waals surface area contributed by atoms with Gasteiger partial charge in [-0.25, -0.2) is 4.98 Å². The van der Waals surface area contributed by atoms with Crippen LogP contribution < -0.4 is 5.32 Å². The molecular formula is C15H26N4O2. The Hall–Kier alpha value is -1.72. The normalized spacial score (nSPS) is 12.1. The maximum atomic E-state index is 10.6. The number of aromatic nitrogens is 3. The number of carboxylic acid groups (broad SMARTS) is 1. The van der Waals surface area contributed by atoms with Crippen molar-refractivity contribution >= 4 is 11.9 Å². The molecule has 0 spiro atoms. The molecule has 1 aromatic rings. The van der Waals surface area contributed by atoms with Gasteiger partial charge in [-0.05, 0) is 31.6 Å². The third-order valence-corrected chi connectivity index (χ3v) is 3.69. The highest BCUT2D eigenvalue weighted by atomic mass is 16.4. The van der Waals surface area contributed by atoms with E-state index in [0.717, 1.165) is 50.0 Å². The second-order valence-corrected chi connectivity index (χ2v) is 5.16. The topological polar surface area (TPSA) is 88.0 Å². The van der Waals surface area contributed by atoms with Gasteiger partial charge in [0.05, 0.1) is 11.4 Å². The van der Waals surface area contributed by atoms with E-state index >= 15 is 0 Å². The molecule has 0 aliphatic rings. The van der Waals surface area contributed by atoms with Crippen LogP contribution in [0.25, 0.3) is 0 Å². The summed E-state index contributed by atoms with van der Waals surface area (Å²) in [6.07, 6.45) is 4.57. The predicted octanol–water partition coefficient (Wildman–Crippen LogP) is 2.69. The number of hydrogen-bond donors (Lipinski definition) is 2. The fourth-order valence-corrected chi connectivity index (χ4v) is 2.28. The van der Waals surface area contributed by atoms with E-state index in [1.165, 1.54) is 0 Å². The number of anilines is 1. The zero-order chi connectivity index (χ0) is 15.7. The Morgan fingerprint density at radius 1 is 1.14 bits per heavy atom.